The lowest BCUT2D eigenvalue weighted by Gasteiger charge is -2.14. The molecule has 0 aliphatic heterocycles. The highest BCUT2D eigenvalue weighted by Gasteiger charge is 2.21. The number of anilines is 1. The summed E-state index contributed by atoms with van der Waals surface area (Å²) in [7, 11) is -3.85. The number of nitrogens with zero attached hydrogens (tertiary/aromatic N) is 1. The Morgan fingerprint density at radius 3 is 2.38 bits per heavy atom. The zero-order valence-corrected chi connectivity index (χ0v) is 17.9. The maximum atomic E-state index is 13.0. The fourth-order valence-corrected chi connectivity index (χ4v) is 4.57. The smallest absolute Gasteiger partial charge is 0.261 e. The van der Waals surface area contributed by atoms with Gasteiger partial charge in [-0.3, -0.25) is 9.52 Å². The van der Waals surface area contributed by atoms with Crippen LogP contribution in [-0.4, -0.2) is 25.4 Å². The number of pyridine rings is 1. The molecule has 9 heteroatoms. The van der Waals surface area contributed by atoms with Gasteiger partial charge in [0.15, 0.2) is 0 Å². The standard InChI is InChI=1S/C23H22FN3O4S/c24-16-7-13-20(14-8-16)32(29,30)27-18-9-11-19(12-10-18)31-23-21(6-3-15-25-23)22(28)26-17-4-1-2-5-17/h3,6-15,17,27H,1-2,4-5H2,(H,26,28). The van der Waals surface area contributed by atoms with Crippen molar-refractivity contribution >= 4 is 21.6 Å². The lowest BCUT2D eigenvalue weighted by molar-refractivity contribution is 0.0935. The number of halogens is 1. The number of carbonyl (C=O) groups is 1. The van der Waals surface area contributed by atoms with Crippen molar-refractivity contribution in [2.75, 3.05) is 4.72 Å². The highest BCUT2D eigenvalue weighted by molar-refractivity contribution is 7.92. The van der Waals surface area contributed by atoms with E-state index in [-0.39, 0.29) is 22.7 Å². The monoisotopic (exact) mass is 455 g/mol. The number of carbonyl (C=O) groups excluding carboxylic acids is 1. The van der Waals surface area contributed by atoms with Crippen LogP contribution in [0.5, 0.6) is 11.6 Å². The summed E-state index contributed by atoms with van der Waals surface area (Å²) in [5.74, 6) is -0.189. The van der Waals surface area contributed by atoms with E-state index in [1.54, 1.807) is 24.3 Å². The van der Waals surface area contributed by atoms with Gasteiger partial charge in [0.05, 0.1) is 4.90 Å². The van der Waals surface area contributed by atoms with E-state index < -0.39 is 15.8 Å². The highest BCUT2D eigenvalue weighted by Crippen LogP contribution is 2.26. The van der Waals surface area contributed by atoms with Gasteiger partial charge in [0.25, 0.3) is 15.9 Å². The van der Waals surface area contributed by atoms with Crippen LogP contribution in [0, 0.1) is 5.82 Å². The number of benzene rings is 2. The first-order valence-electron chi connectivity index (χ1n) is 10.2. The maximum absolute atomic E-state index is 13.0. The third kappa shape index (κ3) is 5.23. The van der Waals surface area contributed by atoms with Crippen molar-refractivity contribution in [1.29, 1.82) is 0 Å². The topological polar surface area (TPSA) is 97.4 Å². The summed E-state index contributed by atoms with van der Waals surface area (Å²) in [6.07, 6.45) is 5.69. The summed E-state index contributed by atoms with van der Waals surface area (Å²) in [6.45, 7) is 0. The van der Waals surface area contributed by atoms with Gasteiger partial charge in [0, 0.05) is 17.9 Å². The van der Waals surface area contributed by atoms with Gasteiger partial charge < -0.3 is 10.1 Å². The molecular weight excluding hydrogens is 433 g/mol. The largest absolute Gasteiger partial charge is 0.438 e. The van der Waals surface area contributed by atoms with E-state index in [2.05, 4.69) is 15.0 Å². The van der Waals surface area contributed by atoms with E-state index in [1.165, 1.54) is 30.5 Å². The van der Waals surface area contributed by atoms with Gasteiger partial charge in [-0.25, -0.2) is 17.8 Å². The van der Waals surface area contributed by atoms with Crippen molar-refractivity contribution in [2.24, 2.45) is 0 Å². The molecule has 166 valence electrons. The normalized spacial score (nSPS) is 14.2. The van der Waals surface area contributed by atoms with Crippen LogP contribution < -0.4 is 14.8 Å². The Hall–Kier alpha value is -3.46. The van der Waals surface area contributed by atoms with Crippen molar-refractivity contribution in [1.82, 2.24) is 10.3 Å². The van der Waals surface area contributed by atoms with E-state index in [9.17, 15) is 17.6 Å². The van der Waals surface area contributed by atoms with Crippen LogP contribution in [0.15, 0.2) is 71.8 Å². The molecule has 1 aliphatic carbocycles. The summed E-state index contributed by atoms with van der Waals surface area (Å²) < 4.78 is 46.1. The van der Waals surface area contributed by atoms with Crippen LogP contribution in [0.1, 0.15) is 36.0 Å². The predicted octanol–water partition coefficient (Wildman–Crippen LogP) is 4.49. The molecule has 2 N–H and O–H groups in total. The fraction of sp³-hybridized carbons (Fsp3) is 0.217. The second-order valence-corrected chi connectivity index (χ2v) is 9.18. The molecule has 32 heavy (non-hydrogen) atoms. The first kappa shape index (κ1) is 21.8. The van der Waals surface area contributed by atoms with Gasteiger partial charge in [-0.1, -0.05) is 12.8 Å². The number of nitrogens with one attached hydrogen (secondary N) is 2. The molecule has 0 atom stereocenters. The van der Waals surface area contributed by atoms with Gasteiger partial charge >= 0.3 is 0 Å². The minimum atomic E-state index is -3.85. The third-order valence-electron chi connectivity index (χ3n) is 5.15. The van der Waals surface area contributed by atoms with Crippen LogP contribution in [-0.2, 0) is 10.0 Å². The Bertz CT molecular complexity index is 1190. The van der Waals surface area contributed by atoms with Crippen molar-refractivity contribution < 1.29 is 22.3 Å². The number of rotatable bonds is 7. The van der Waals surface area contributed by atoms with Gasteiger partial charge in [0.2, 0.25) is 5.88 Å². The lowest BCUT2D eigenvalue weighted by Crippen LogP contribution is -2.32. The van der Waals surface area contributed by atoms with Crippen LogP contribution in [0.4, 0.5) is 10.1 Å². The second kappa shape index (κ2) is 9.35. The van der Waals surface area contributed by atoms with Crippen LogP contribution in [0.25, 0.3) is 0 Å². The van der Waals surface area contributed by atoms with E-state index in [0.29, 0.717) is 17.0 Å². The molecule has 0 saturated heterocycles. The minimum absolute atomic E-state index is 0.0503. The van der Waals surface area contributed by atoms with Crippen molar-refractivity contribution in [3.05, 3.63) is 78.2 Å². The van der Waals surface area contributed by atoms with Gasteiger partial charge in [-0.15, -0.1) is 0 Å². The number of hydrogen-bond acceptors (Lipinski definition) is 5. The minimum Gasteiger partial charge on any atom is -0.438 e. The molecule has 1 amide bonds. The van der Waals surface area contributed by atoms with Gasteiger partial charge in [-0.05, 0) is 73.5 Å². The average molecular weight is 456 g/mol. The Morgan fingerprint density at radius 1 is 1.00 bits per heavy atom. The lowest BCUT2D eigenvalue weighted by atomic mass is 10.2. The van der Waals surface area contributed by atoms with E-state index in [4.69, 9.17) is 4.74 Å². The molecule has 0 spiro atoms. The first-order chi connectivity index (χ1) is 15.4. The summed E-state index contributed by atoms with van der Waals surface area (Å²) in [6, 6.07) is 14.2. The Balaban J connectivity index is 1.45. The van der Waals surface area contributed by atoms with E-state index in [1.807, 2.05) is 0 Å². The van der Waals surface area contributed by atoms with Crippen molar-refractivity contribution in [3.8, 4) is 11.6 Å². The summed E-state index contributed by atoms with van der Waals surface area (Å²) in [5.41, 5.74) is 0.641. The van der Waals surface area contributed by atoms with Crippen LogP contribution >= 0.6 is 0 Å². The molecule has 1 heterocycles. The molecule has 1 fully saturated rings. The summed E-state index contributed by atoms with van der Waals surface area (Å²) in [4.78, 5) is 16.8. The number of aromatic nitrogens is 1. The first-order valence-corrected chi connectivity index (χ1v) is 11.7. The van der Waals surface area contributed by atoms with Crippen molar-refractivity contribution in [2.45, 2.75) is 36.6 Å². The van der Waals surface area contributed by atoms with Crippen LogP contribution in [0.2, 0.25) is 0 Å². The third-order valence-corrected chi connectivity index (χ3v) is 6.55. The zero-order chi connectivity index (χ0) is 22.6. The molecule has 1 aromatic heterocycles. The molecule has 0 unspecified atom stereocenters. The summed E-state index contributed by atoms with van der Waals surface area (Å²) in [5, 5.41) is 3.02. The second-order valence-electron chi connectivity index (χ2n) is 7.50. The molecule has 3 aromatic rings. The van der Waals surface area contributed by atoms with Crippen molar-refractivity contribution in [3.63, 3.8) is 0 Å². The molecule has 1 aliphatic rings. The molecule has 0 bridgehead atoms. The van der Waals surface area contributed by atoms with E-state index in [0.717, 1.165) is 37.8 Å². The van der Waals surface area contributed by atoms with Gasteiger partial charge in [-0.2, -0.15) is 0 Å². The fourth-order valence-electron chi connectivity index (χ4n) is 3.51. The van der Waals surface area contributed by atoms with Gasteiger partial charge in [0.1, 0.15) is 17.1 Å². The molecule has 4 rings (SSSR count). The van der Waals surface area contributed by atoms with Crippen LogP contribution in [0.3, 0.4) is 0 Å². The maximum Gasteiger partial charge on any atom is 0.261 e. The Labute approximate surface area is 185 Å². The number of sulfonamides is 1. The SMILES string of the molecule is O=C(NC1CCCC1)c1cccnc1Oc1ccc(NS(=O)(=O)c2ccc(F)cc2)cc1. The number of amides is 1. The quantitative estimate of drug-likeness (QED) is 0.547. The Morgan fingerprint density at radius 2 is 1.69 bits per heavy atom. The molecule has 2 aromatic carbocycles. The predicted molar refractivity (Wildman–Crippen MR) is 118 cm³/mol. The number of ether oxygens (including phenoxy) is 1. The molecule has 7 nitrogen and oxygen atoms in total. The zero-order valence-electron chi connectivity index (χ0n) is 17.1. The average Bonchev–Trinajstić information content (AvgIpc) is 3.28. The Kier molecular flexibility index (Phi) is 6.36. The molecule has 1 saturated carbocycles. The molecular formula is C23H22FN3O4S. The number of hydrogen-bond donors (Lipinski definition) is 2. The van der Waals surface area contributed by atoms with E-state index >= 15 is 0 Å². The summed E-state index contributed by atoms with van der Waals surface area (Å²) >= 11 is 0. The highest BCUT2D eigenvalue weighted by atomic mass is 32.2. The molecule has 0 radical (unpaired) electrons.